The van der Waals surface area contributed by atoms with Crippen LogP contribution in [0.5, 0.6) is 0 Å². The Balaban J connectivity index is 1.96. The summed E-state index contributed by atoms with van der Waals surface area (Å²) < 4.78 is 12.7. The van der Waals surface area contributed by atoms with Crippen LogP contribution in [-0.4, -0.2) is 24.6 Å². The van der Waals surface area contributed by atoms with Gasteiger partial charge in [-0.2, -0.15) is 5.26 Å². The lowest BCUT2D eigenvalue weighted by Gasteiger charge is -2.40. The molecule has 1 N–H and O–H groups in total. The highest BCUT2D eigenvalue weighted by Crippen LogP contribution is 2.39. The summed E-state index contributed by atoms with van der Waals surface area (Å²) in [6.45, 7) is 20.2. The van der Waals surface area contributed by atoms with E-state index in [0.29, 0.717) is 33.7 Å². The van der Waals surface area contributed by atoms with Gasteiger partial charge in [0.05, 0.1) is 24.3 Å². The Morgan fingerprint density at radius 2 is 1.85 bits per heavy atom. The molecule has 0 fully saturated rings. The normalized spacial score (nSPS) is 13.6. The molecule has 0 aliphatic heterocycles. The van der Waals surface area contributed by atoms with E-state index in [4.69, 9.17) is 32.3 Å². The van der Waals surface area contributed by atoms with Crippen molar-refractivity contribution in [1.82, 2.24) is 10.2 Å². The zero-order chi connectivity index (χ0) is 25.1. The smallest absolute Gasteiger partial charge is 0.247 e. The van der Waals surface area contributed by atoms with Gasteiger partial charge in [-0.15, -0.1) is 10.2 Å². The van der Waals surface area contributed by atoms with Crippen LogP contribution in [0.15, 0.2) is 46.9 Å². The molecule has 1 heterocycles. The molecular weight excluding hydrogens is 466 g/mol. The molecule has 0 unspecified atom stereocenters. The van der Waals surface area contributed by atoms with Gasteiger partial charge in [-0.1, -0.05) is 38.4 Å². The van der Waals surface area contributed by atoms with E-state index >= 15 is 0 Å². The first-order valence-corrected chi connectivity index (χ1v) is 14.2. The van der Waals surface area contributed by atoms with Gasteiger partial charge in [-0.3, -0.25) is 0 Å². The molecule has 3 rings (SSSR count). The van der Waals surface area contributed by atoms with Crippen LogP contribution in [0.25, 0.3) is 16.3 Å². The van der Waals surface area contributed by atoms with Crippen molar-refractivity contribution in [2.24, 2.45) is 0 Å². The molecule has 0 bridgehead atoms. The molecule has 0 saturated heterocycles. The maximum Gasteiger partial charge on any atom is 0.247 e. The minimum atomic E-state index is -2.10. The van der Waals surface area contributed by atoms with Crippen molar-refractivity contribution in [2.75, 3.05) is 5.32 Å². The Bertz CT molecular complexity index is 1240. The molecule has 0 aliphatic carbocycles. The average Bonchev–Trinajstić information content (AvgIpc) is 3.26. The maximum absolute atomic E-state index is 9.03. The van der Waals surface area contributed by atoms with Crippen molar-refractivity contribution in [3.63, 3.8) is 0 Å². The van der Waals surface area contributed by atoms with Crippen LogP contribution in [0.4, 0.5) is 11.4 Å². The van der Waals surface area contributed by atoms with E-state index in [1.54, 1.807) is 42.5 Å². The lowest BCUT2D eigenvalue weighted by Crippen LogP contribution is -2.45. The molecule has 0 spiro atoms. The number of rotatable bonds is 7. The van der Waals surface area contributed by atoms with E-state index in [-0.39, 0.29) is 11.1 Å². The Morgan fingerprint density at radius 3 is 2.41 bits per heavy atom. The number of nitrogens with one attached hydrogen (secondary N) is 1. The summed E-state index contributed by atoms with van der Waals surface area (Å²) in [6.07, 6.45) is -0.297. The summed E-state index contributed by atoms with van der Waals surface area (Å²) >= 11 is 6.26. The number of halogens is 1. The van der Waals surface area contributed by atoms with Gasteiger partial charge >= 0.3 is 0 Å². The predicted octanol–water partition coefficient (Wildman–Crippen LogP) is 7.38. The molecule has 0 radical (unpaired) electrons. The van der Waals surface area contributed by atoms with Crippen LogP contribution in [-0.2, 0) is 4.43 Å². The fraction of sp³-hybridized carbons (Fsp3) is 0.360. The summed E-state index contributed by atoms with van der Waals surface area (Å²) in [5, 5.41) is 21.4. The highest BCUT2D eigenvalue weighted by Gasteiger charge is 2.41. The van der Waals surface area contributed by atoms with Gasteiger partial charge in [0.15, 0.2) is 8.32 Å². The summed E-state index contributed by atoms with van der Waals surface area (Å²) in [5.41, 5.74) is 2.37. The molecule has 1 aromatic heterocycles. The van der Waals surface area contributed by atoms with Gasteiger partial charge in [0.1, 0.15) is 6.04 Å². The zero-order valence-corrected chi connectivity index (χ0v) is 21.9. The molecular formula is C25H28ClN5O2Si. The maximum atomic E-state index is 9.03. The largest absolute Gasteiger partial charge is 0.418 e. The molecule has 3 aromatic rings. The molecule has 0 aliphatic rings. The Kier molecular flexibility index (Phi) is 7.47. The van der Waals surface area contributed by atoms with Crippen molar-refractivity contribution in [3.8, 4) is 17.5 Å². The van der Waals surface area contributed by atoms with Gasteiger partial charge in [0.2, 0.25) is 17.5 Å². The lowest BCUT2D eigenvalue weighted by molar-refractivity contribution is 0.166. The van der Waals surface area contributed by atoms with Crippen LogP contribution < -0.4 is 5.32 Å². The van der Waals surface area contributed by atoms with Crippen LogP contribution in [0.2, 0.25) is 23.2 Å². The third-order valence-corrected chi connectivity index (χ3v) is 11.0. The van der Waals surface area contributed by atoms with Gasteiger partial charge in [-0.05, 0) is 61.5 Å². The minimum Gasteiger partial charge on any atom is -0.418 e. The first-order chi connectivity index (χ1) is 15.9. The molecule has 176 valence electrons. The fourth-order valence-corrected chi connectivity index (χ4v) is 4.76. The fourth-order valence-electron chi connectivity index (χ4n) is 3.12. The molecule has 0 amide bonds. The third kappa shape index (κ3) is 5.66. The van der Waals surface area contributed by atoms with Gasteiger partial charge in [0.25, 0.3) is 0 Å². The number of benzene rings is 2. The first-order valence-electron chi connectivity index (χ1n) is 10.9. The van der Waals surface area contributed by atoms with Crippen molar-refractivity contribution in [2.45, 2.75) is 58.0 Å². The second-order valence-electron chi connectivity index (χ2n) is 9.62. The number of nitrogens with zero attached hydrogens (tertiary/aromatic N) is 4. The quantitative estimate of drug-likeness (QED) is 0.273. The van der Waals surface area contributed by atoms with Crippen LogP contribution in [0.3, 0.4) is 0 Å². The topological polar surface area (TPSA) is 88.3 Å². The standard InChI is InChI=1S/C25H28ClN5O2Si/c1-16(33-34(6,7)25(2,3)4)22(29-19-12-13-21(28-5)20(26)14-19)24-31-30-23(32-24)18-10-8-17(15-27)9-11-18/h8-14,16,22,29H,1-4,6-7H3/t16-,22-/m1/s1. The van der Waals surface area contributed by atoms with Crippen molar-refractivity contribution in [1.29, 1.82) is 5.26 Å². The molecule has 7 nitrogen and oxygen atoms in total. The zero-order valence-electron chi connectivity index (χ0n) is 20.2. The number of anilines is 1. The van der Waals surface area contributed by atoms with E-state index in [9.17, 15) is 0 Å². The van der Waals surface area contributed by atoms with Crippen molar-refractivity contribution in [3.05, 3.63) is 70.4 Å². The number of hydrogen-bond acceptors (Lipinski definition) is 6. The highest BCUT2D eigenvalue weighted by molar-refractivity contribution is 6.74. The molecule has 34 heavy (non-hydrogen) atoms. The number of aromatic nitrogens is 2. The molecule has 2 aromatic carbocycles. The van der Waals surface area contributed by atoms with Gasteiger partial charge in [0, 0.05) is 16.3 Å². The minimum absolute atomic E-state index is 0.0227. The monoisotopic (exact) mass is 493 g/mol. The van der Waals surface area contributed by atoms with E-state index in [0.717, 1.165) is 5.56 Å². The van der Waals surface area contributed by atoms with E-state index in [2.05, 4.69) is 60.3 Å². The second kappa shape index (κ2) is 9.98. The molecule has 2 atom stereocenters. The Morgan fingerprint density at radius 1 is 1.18 bits per heavy atom. The SMILES string of the molecule is [C-]#[N+]c1ccc(N[C@@H](c2nnc(-c3ccc(C#N)cc3)o2)[C@@H](C)O[Si](C)(C)C(C)(C)C)cc1Cl. The van der Waals surface area contributed by atoms with E-state index < -0.39 is 14.4 Å². The van der Waals surface area contributed by atoms with Gasteiger partial charge < -0.3 is 14.2 Å². The highest BCUT2D eigenvalue weighted by atomic mass is 35.5. The van der Waals surface area contributed by atoms with E-state index in [1.165, 1.54) is 0 Å². The second-order valence-corrected chi connectivity index (χ2v) is 14.8. The number of nitriles is 1. The van der Waals surface area contributed by atoms with E-state index in [1.807, 2.05) is 6.92 Å². The predicted molar refractivity (Wildman–Crippen MR) is 136 cm³/mol. The summed E-state index contributed by atoms with van der Waals surface area (Å²) in [6, 6.07) is 13.8. The Labute approximate surface area is 206 Å². The van der Waals surface area contributed by atoms with Gasteiger partial charge in [-0.25, -0.2) is 4.85 Å². The summed E-state index contributed by atoms with van der Waals surface area (Å²) in [4.78, 5) is 3.42. The van der Waals surface area contributed by atoms with Crippen LogP contribution >= 0.6 is 11.6 Å². The lowest BCUT2D eigenvalue weighted by atomic mass is 10.1. The van der Waals surface area contributed by atoms with Crippen molar-refractivity contribution >= 4 is 31.3 Å². The number of hydrogen-bond donors (Lipinski definition) is 1. The van der Waals surface area contributed by atoms with Crippen molar-refractivity contribution < 1.29 is 8.84 Å². The Hall–Kier alpha value is -3.17. The third-order valence-electron chi connectivity index (χ3n) is 6.11. The van der Waals surface area contributed by atoms with Crippen LogP contribution in [0.1, 0.15) is 45.2 Å². The summed E-state index contributed by atoms with van der Waals surface area (Å²) in [5.74, 6) is 0.725. The molecule has 9 heteroatoms. The molecule has 0 saturated carbocycles. The summed E-state index contributed by atoms with van der Waals surface area (Å²) in [7, 11) is -2.10. The average molecular weight is 494 g/mol. The first kappa shape index (κ1) is 25.4. The van der Waals surface area contributed by atoms with Crippen LogP contribution in [0, 0.1) is 17.9 Å².